The molecule has 0 aliphatic rings. The van der Waals surface area contributed by atoms with Crippen molar-refractivity contribution in [1.29, 1.82) is 0 Å². The largest absolute Gasteiger partial charge is 0.310 e. The molecule has 1 aromatic carbocycles. The fraction of sp³-hybridized carbons (Fsp3) is 0.455. The van der Waals surface area contributed by atoms with E-state index in [1.54, 1.807) is 6.07 Å². The van der Waals surface area contributed by atoms with Crippen molar-refractivity contribution in [3.63, 3.8) is 0 Å². The van der Waals surface area contributed by atoms with E-state index in [0.29, 0.717) is 16.1 Å². The van der Waals surface area contributed by atoms with Crippen LogP contribution < -0.4 is 5.32 Å². The average Bonchev–Trinajstić information content (AvgIpc) is 2.20. The predicted molar refractivity (Wildman–Crippen MR) is 70.3 cm³/mol. The number of halogens is 3. The van der Waals surface area contributed by atoms with Gasteiger partial charge in [-0.1, -0.05) is 42.3 Å². The molecule has 0 radical (unpaired) electrons. The van der Waals surface area contributed by atoms with Crippen molar-refractivity contribution in [3.05, 3.63) is 33.8 Å². The smallest absolute Gasteiger partial charge is 0.0637 e. The summed E-state index contributed by atoms with van der Waals surface area (Å²) < 4.78 is 0. The Hall–Kier alpha value is 0.0500. The van der Waals surface area contributed by atoms with E-state index in [0.717, 1.165) is 18.5 Å². The van der Waals surface area contributed by atoms with E-state index in [9.17, 15) is 0 Å². The number of benzene rings is 1. The number of hydrogen-bond acceptors (Lipinski definition) is 1. The first-order valence-electron chi connectivity index (χ1n) is 4.81. The Balaban J connectivity index is 0.00000196. The van der Waals surface area contributed by atoms with E-state index in [4.69, 9.17) is 23.2 Å². The van der Waals surface area contributed by atoms with Gasteiger partial charge in [-0.05, 0) is 25.0 Å². The summed E-state index contributed by atoms with van der Waals surface area (Å²) in [7, 11) is 0. The van der Waals surface area contributed by atoms with Gasteiger partial charge >= 0.3 is 0 Å². The molecule has 1 rings (SSSR count). The van der Waals surface area contributed by atoms with Gasteiger partial charge < -0.3 is 5.32 Å². The lowest BCUT2D eigenvalue weighted by molar-refractivity contribution is 0.534. The first kappa shape index (κ1) is 15.0. The zero-order valence-corrected chi connectivity index (χ0v) is 11.2. The highest BCUT2D eigenvalue weighted by Gasteiger charge is 2.04. The fourth-order valence-electron chi connectivity index (χ4n) is 1.11. The maximum Gasteiger partial charge on any atom is 0.0637 e. The normalized spacial score (nSPS) is 12.0. The van der Waals surface area contributed by atoms with Crippen LogP contribution in [-0.2, 0) is 6.54 Å². The van der Waals surface area contributed by atoms with E-state index in [2.05, 4.69) is 19.2 Å². The molecule has 0 amide bonds. The van der Waals surface area contributed by atoms with Gasteiger partial charge in [-0.15, -0.1) is 12.4 Å². The topological polar surface area (TPSA) is 12.0 Å². The minimum Gasteiger partial charge on any atom is -0.310 e. The molecule has 1 N–H and O–H groups in total. The number of hydrogen-bond donors (Lipinski definition) is 1. The van der Waals surface area contributed by atoms with E-state index < -0.39 is 0 Å². The standard InChI is InChI=1S/C11H15Cl2N.ClH/c1-3-8(2)14-7-9-5-4-6-10(12)11(9)13;/h4-6,8,14H,3,7H2,1-2H3;1H. The summed E-state index contributed by atoms with van der Waals surface area (Å²) in [4.78, 5) is 0. The quantitative estimate of drug-likeness (QED) is 0.858. The molecule has 0 aromatic heterocycles. The highest BCUT2D eigenvalue weighted by molar-refractivity contribution is 6.42. The second-order valence-electron chi connectivity index (χ2n) is 3.40. The van der Waals surface area contributed by atoms with Crippen LogP contribution in [0.15, 0.2) is 18.2 Å². The minimum absolute atomic E-state index is 0. The van der Waals surface area contributed by atoms with Gasteiger partial charge in [-0.3, -0.25) is 0 Å². The molecule has 0 heterocycles. The molecule has 0 aliphatic heterocycles. The molecule has 1 unspecified atom stereocenters. The molecule has 0 saturated heterocycles. The SMILES string of the molecule is CCC(C)NCc1cccc(Cl)c1Cl.Cl. The van der Waals surface area contributed by atoms with Crippen LogP contribution in [0.25, 0.3) is 0 Å². The van der Waals surface area contributed by atoms with Crippen molar-refractivity contribution in [2.24, 2.45) is 0 Å². The third kappa shape index (κ3) is 4.60. The van der Waals surface area contributed by atoms with Crippen LogP contribution in [0.5, 0.6) is 0 Å². The van der Waals surface area contributed by atoms with Crippen molar-refractivity contribution >= 4 is 35.6 Å². The van der Waals surface area contributed by atoms with E-state index in [1.165, 1.54) is 0 Å². The monoisotopic (exact) mass is 267 g/mol. The molecule has 0 bridgehead atoms. The van der Waals surface area contributed by atoms with Crippen LogP contribution in [0, 0.1) is 0 Å². The summed E-state index contributed by atoms with van der Waals surface area (Å²) in [5, 5.41) is 4.65. The summed E-state index contributed by atoms with van der Waals surface area (Å²) in [6, 6.07) is 6.22. The van der Waals surface area contributed by atoms with Crippen LogP contribution in [-0.4, -0.2) is 6.04 Å². The second-order valence-corrected chi connectivity index (χ2v) is 4.19. The minimum atomic E-state index is 0. The Morgan fingerprint density at radius 1 is 1.33 bits per heavy atom. The summed E-state index contributed by atoms with van der Waals surface area (Å²) >= 11 is 12.0. The van der Waals surface area contributed by atoms with Gasteiger partial charge in [0.2, 0.25) is 0 Å². The maximum atomic E-state index is 6.05. The molecular formula is C11H16Cl3N. The third-order valence-corrected chi connectivity index (χ3v) is 3.14. The van der Waals surface area contributed by atoms with Crippen LogP contribution in [0.2, 0.25) is 10.0 Å². The Kier molecular flexibility index (Phi) is 7.37. The molecule has 0 fully saturated rings. The number of rotatable bonds is 4. The summed E-state index contributed by atoms with van der Waals surface area (Å²) in [5.74, 6) is 0. The van der Waals surface area contributed by atoms with Crippen molar-refractivity contribution in [3.8, 4) is 0 Å². The number of nitrogens with one attached hydrogen (secondary N) is 1. The third-order valence-electron chi connectivity index (χ3n) is 2.28. The Morgan fingerprint density at radius 2 is 2.00 bits per heavy atom. The second kappa shape index (κ2) is 7.34. The Labute approximate surface area is 108 Å². The Bertz CT molecular complexity index is 302. The van der Waals surface area contributed by atoms with Crippen LogP contribution in [0.1, 0.15) is 25.8 Å². The van der Waals surface area contributed by atoms with Crippen LogP contribution >= 0.6 is 35.6 Å². The lowest BCUT2D eigenvalue weighted by atomic mass is 10.2. The molecule has 0 saturated carbocycles. The van der Waals surface area contributed by atoms with E-state index in [-0.39, 0.29) is 12.4 Å². The molecule has 1 nitrogen and oxygen atoms in total. The van der Waals surface area contributed by atoms with Gasteiger partial charge in [0.1, 0.15) is 0 Å². The zero-order chi connectivity index (χ0) is 10.6. The highest BCUT2D eigenvalue weighted by Crippen LogP contribution is 2.25. The average molecular weight is 269 g/mol. The predicted octanol–water partition coefficient (Wildman–Crippen LogP) is 4.30. The summed E-state index contributed by atoms with van der Waals surface area (Å²) in [6.45, 7) is 5.07. The molecule has 15 heavy (non-hydrogen) atoms. The lowest BCUT2D eigenvalue weighted by Crippen LogP contribution is -2.24. The zero-order valence-electron chi connectivity index (χ0n) is 8.89. The molecule has 1 aromatic rings. The molecule has 0 spiro atoms. The summed E-state index contributed by atoms with van der Waals surface area (Å²) in [5.41, 5.74) is 1.06. The van der Waals surface area contributed by atoms with Gasteiger partial charge in [-0.2, -0.15) is 0 Å². The van der Waals surface area contributed by atoms with E-state index in [1.807, 2.05) is 12.1 Å². The van der Waals surface area contributed by atoms with Gasteiger partial charge in [0.15, 0.2) is 0 Å². The van der Waals surface area contributed by atoms with Crippen LogP contribution in [0.4, 0.5) is 0 Å². The van der Waals surface area contributed by atoms with Gasteiger partial charge in [-0.25, -0.2) is 0 Å². The van der Waals surface area contributed by atoms with Crippen molar-refractivity contribution in [2.75, 3.05) is 0 Å². The van der Waals surface area contributed by atoms with Gasteiger partial charge in [0.25, 0.3) is 0 Å². The summed E-state index contributed by atoms with van der Waals surface area (Å²) in [6.07, 6.45) is 1.11. The van der Waals surface area contributed by atoms with Crippen molar-refractivity contribution in [2.45, 2.75) is 32.9 Å². The maximum absolute atomic E-state index is 6.05. The Morgan fingerprint density at radius 3 is 2.60 bits per heavy atom. The van der Waals surface area contributed by atoms with E-state index >= 15 is 0 Å². The van der Waals surface area contributed by atoms with Crippen LogP contribution in [0.3, 0.4) is 0 Å². The first-order valence-corrected chi connectivity index (χ1v) is 5.57. The first-order chi connectivity index (χ1) is 6.65. The molecule has 4 heteroatoms. The van der Waals surface area contributed by atoms with Crippen molar-refractivity contribution in [1.82, 2.24) is 5.32 Å². The van der Waals surface area contributed by atoms with Gasteiger partial charge in [0, 0.05) is 12.6 Å². The lowest BCUT2D eigenvalue weighted by Gasteiger charge is -2.12. The molecule has 1 atom stereocenters. The molecule has 86 valence electrons. The van der Waals surface area contributed by atoms with Crippen molar-refractivity contribution < 1.29 is 0 Å². The highest BCUT2D eigenvalue weighted by atomic mass is 35.5. The van der Waals surface area contributed by atoms with Gasteiger partial charge in [0.05, 0.1) is 10.0 Å². The fourth-order valence-corrected chi connectivity index (χ4v) is 1.50. The molecular weight excluding hydrogens is 252 g/mol. The molecule has 0 aliphatic carbocycles.